The lowest BCUT2D eigenvalue weighted by Crippen LogP contribution is -2.38. The van der Waals surface area contributed by atoms with E-state index in [0.29, 0.717) is 0 Å². The van der Waals surface area contributed by atoms with Crippen molar-refractivity contribution in [3.05, 3.63) is 60.2 Å². The molecule has 0 aliphatic heterocycles. The number of benzene rings is 2. The van der Waals surface area contributed by atoms with Crippen molar-refractivity contribution in [2.45, 2.75) is 30.8 Å². The molecule has 7 nitrogen and oxygen atoms in total. The number of ether oxygens (including phenoxy) is 1. The van der Waals surface area contributed by atoms with E-state index in [-0.39, 0.29) is 23.8 Å². The van der Waals surface area contributed by atoms with E-state index in [0.717, 1.165) is 35.5 Å². The molecule has 0 spiro atoms. The molecule has 1 aliphatic rings. The summed E-state index contributed by atoms with van der Waals surface area (Å²) in [5, 5.41) is 11.4. The Kier molecular flexibility index (Phi) is 4.95. The van der Waals surface area contributed by atoms with E-state index in [1.165, 1.54) is 12.1 Å². The van der Waals surface area contributed by atoms with Crippen LogP contribution >= 0.6 is 0 Å². The van der Waals surface area contributed by atoms with Crippen LogP contribution in [0.15, 0.2) is 48.8 Å². The van der Waals surface area contributed by atoms with Gasteiger partial charge in [-0.2, -0.15) is 0 Å². The molecule has 1 fully saturated rings. The van der Waals surface area contributed by atoms with Gasteiger partial charge in [0, 0.05) is 25.0 Å². The van der Waals surface area contributed by atoms with Crippen LogP contribution in [0.2, 0.25) is 0 Å². The maximum atomic E-state index is 13.4. The van der Waals surface area contributed by atoms with Crippen molar-refractivity contribution in [2.75, 3.05) is 19.1 Å². The van der Waals surface area contributed by atoms with Crippen molar-refractivity contribution in [1.82, 2.24) is 20.2 Å². The molecule has 8 heteroatoms. The van der Waals surface area contributed by atoms with Crippen LogP contribution in [0, 0.1) is 5.82 Å². The van der Waals surface area contributed by atoms with Gasteiger partial charge in [-0.1, -0.05) is 12.1 Å². The lowest BCUT2D eigenvalue weighted by molar-refractivity contribution is 0.412. The molecule has 0 amide bonds. The van der Waals surface area contributed by atoms with Gasteiger partial charge in [-0.15, -0.1) is 5.10 Å². The number of anilines is 1. The maximum absolute atomic E-state index is 13.4. The smallest absolute Gasteiger partial charge is 0.143 e. The van der Waals surface area contributed by atoms with E-state index in [2.05, 4.69) is 20.4 Å². The van der Waals surface area contributed by atoms with Crippen LogP contribution in [-0.2, 0) is 0 Å². The number of nitrogens with zero attached hydrogens (tertiary/aromatic N) is 5. The van der Waals surface area contributed by atoms with Gasteiger partial charge in [-0.05, 0) is 59.2 Å². The molecule has 1 aromatic heterocycles. The number of hydrogen-bond acceptors (Lipinski definition) is 6. The van der Waals surface area contributed by atoms with E-state index in [4.69, 9.17) is 10.5 Å². The first-order valence-electron chi connectivity index (χ1n) is 9.23. The van der Waals surface area contributed by atoms with Crippen molar-refractivity contribution >= 4 is 5.69 Å². The van der Waals surface area contributed by atoms with E-state index < -0.39 is 0 Å². The van der Waals surface area contributed by atoms with Gasteiger partial charge in [-0.3, -0.25) is 0 Å². The van der Waals surface area contributed by atoms with Gasteiger partial charge in [0.05, 0.1) is 18.5 Å². The first-order valence-corrected chi connectivity index (χ1v) is 9.23. The Balaban J connectivity index is 1.70. The lowest BCUT2D eigenvalue weighted by atomic mass is 9.90. The quantitative estimate of drug-likeness (QED) is 0.730. The van der Waals surface area contributed by atoms with Crippen LogP contribution in [0.1, 0.15) is 24.3 Å². The normalized spacial score (nSPS) is 21.6. The summed E-state index contributed by atoms with van der Waals surface area (Å²) < 4.78 is 20.6. The highest BCUT2D eigenvalue weighted by Crippen LogP contribution is 2.41. The summed E-state index contributed by atoms with van der Waals surface area (Å²) >= 11 is 0. The molecule has 0 radical (unpaired) electrons. The molecule has 0 unspecified atom stereocenters. The first kappa shape index (κ1) is 18.4. The van der Waals surface area contributed by atoms with Gasteiger partial charge in [0.2, 0.25) is 0 Å². The van der Waals surface area contributed by atoms with Crippen molar-refractivity contribution < 1.29 is 9.13 Å². The van der Waals surface area contributed by atoms with Gasteiger partial charge >= 0.3 is 0 Å². The van der Waals surface area contributed by atoms with Gasteiger partial charge in [0.25, 0.3) is 0 Å². The zero-order valence-electron chi connectivity index (χ0n) is 15.9. The van der Waals surface area contributed by atoms with Crippen LogP contribution in [0.4, 0.5) is 10.1 Å². The fourth-order valence-electron chi connectivity index (χ4n) is 4.15. The minimum absolute atomic E-state index is 0.0200. The summed E-state index contributed by atoms with van der Waals surface area (Å²) in [6.07, 6.45) is 3.41. The van der Waals surface area contributed by atoms with Crippen LogP contribution in [0.3, 0.4) is 0 Å². The van der Waals surface area contributed by atoms with Gasteiger partial charge in [0.15, 0.2) is 0 Å². The van der Waals surface area contributed by atoms with Crippen LogP contribution < -0.4 is 15.4 Å². The number of halogens is 1. The predicted molar refractivity (Wildman–Crippen MR) is 104 cm³/mol. The third-order valence-corrected chi connectivity index (χ3v) is 5.58. The predicted octanol–water partition coefficient (Wildman–Crippen LogP) is 2.52. The second-order valence-corrected chi connectivity index (χ2v) is 7.11. The van der Waals surface area contributed by atoms with Crippen molar-refractivity contribution in [3.63, 3.8) is 0 Å². The standard InChI is InChI=1S/C20H23FN6O/c1-26(17-9-8-16(22)20(17)13-3-5-14(21)6-4-13)18-11-15(7-10-19(18)28-2)27-12-23-24-25-27/h3-7,10-12,16-17,20H,8-9,22H2,1-2H3/t16-,17-,20+/m0/s1. The van der Waals surface area contributed by atoms with E-state index in [1.807, 2.05) is 37.4 Å². The largest absolute Gasteiger partial charge is 0.495 e. The molecule has 2 N–H and O–H groups in total. The molecule has 0 bridgehead atoms. The molecule has 146 valence electrons. The third kappa shape index (κ3) is 3.31. The molecule has 4 rings (SSSR count). The molecule has 3 aromatic rings. The molecular formula is C20H23FN6O. The summed E-state index contributed by atoms with van der Waals surface area (Å²) in [5.41, 5.74) is 9.28. The summed E-state index contributed by atoms with van der Waals surface area (Å²) in [7, 11) is 3.70. The number of tetrazole rings is 1. The van der Waals surface area contributed by atoms with Crippen LogP contribution in [0.5, 0.6) is 5.75 Å². The first-order chi connectivity index (χ1) is 13.6. The Hall–Kier alpha value is -3.00. The molecule has 3 atom stereocenters. The number of rotatable bonds is 5. The van der Waals surface area contributed by atoms with Crippen molar-refractivity contribution in [1.29, 1.82) is 0 Å². The fraction of sp³-hybridized carbons (Fsp3) is 0.350. The van der Waals surface area contributed by atoms with Crippen LogP contribution in [-0.4, -0.2) is 46.4 Å². The molecule has 2 aromatic carbocycles. The Morgan fingerprint density at radius 2 is 1.96 bits per heavy atom. The molecule has 1 saturated carbocycles. The van der Waals surface area contributed by atoms with E-state index >= 15 is 0 Å². The highest BCUT2D eigenvalue weighted by molar-refractivity contribution is 5.63. The maximum Gasteiger partial charge on any atom is 0.143 e. The van der Waals surface area contributed by atoms with E-state index in [1.54, 1.807) is 18.1 Å². The highest BCUT2D eigenvalue weighted by atomic mass is 19.1. The highest BCUT2D eigenvalue weighted by Gasteiger charge is 2.38. The fourth-order valence-corrected chi connectivity index (χ4v) is 4.15. The molecule has 1 aliphatic carbocycles. The lowest BCUT2D eigenvalue weighted by Gasteiger charge is -2.34. The monoisotopic (exact) mass is 382 g/mol. The molecule has 1 heterocycles. The average molecular weight is 382 g/mol. The zero-order valence-corrected chi connectivity index (χ0v) is 15.9. The third-order valence-electron chi connectivity index (χ3n) is 5.58. The second-order valence-electron chi connectivity index (χ2n) is 7.11. The number of likely N-dealkylation sites (N-methyl/N-ethyl adjacent to an activating group) is 1. The zero-order chi connectivity index (χ0) is 19.7. The second kappa shape index (κ2) is 7.55. The molecule has 0 saturated heterocycles. The summed E-state index contributed by atoms with van der Waals surface area (Å²) in [6.45, 7) is 0. The number of methoxy groups -OCH3 is 1. The molecular weight excluding hydrogens is 359 g/mol. The Morgan fingerprint density at radius 3 is 2.64 bits per heavy atom. The van der Waals surface area contributed by atoms with Crippen molar-refractivity contribution in [3.8, 4) is 11.4 Å². The minimum atomic E-state index is -0.240. The number of nitrogens with two attached hydrogens (primary N) is 1. The van der Waals surface area contributed by atoms with Gasteiger partial charge < -0.3 is 15.4 Å². The number of aromatic nitrogens is 4. The Labute approximate surface area is 162 Å². The van der Waals surface area contributed by atoms with Gasteiger partial charge in [0.1, 0.15) is 17.9 Å². The number of hydrogen-bond donors (Lipinski definition) is 1. The minimum Gasteiger partial charge on any atom is -0.495 e. The van der Waals surface area contributed by atoms with E-state index in [9.17, 15) is 4.39 Å². The summed E-state index contributed by atoms with van der Waals surface area (Å²) in [6, 6.07) is 12.7. The average Bonchev–Trinajstić information content (AvgIpc) is 3.38. The Morgan fingerprint density at radius 1 is 1.18 bits per heavy atom. The van der Waals surface area contributed by atoms with Crippen LogP contribution in [0.25, 0.3) is 5.69 Å². The van der Waals surface area contributed by atoms with Crippen molar-refractivity contribution in [2.24, 2.45) is 5.73 Å². The molecule has 28 heavy (non-hydrogen) atoms. The Bertz CT molecular complexity index is 930. The SMILES string of the molecule is COc1ccc(-n2cnnn2)cc1N(C)[C@H]1CC[C@H](N)[C@H]1c1ccc(F)cc1. The topological polar surface area (TPSA) is 82.1 Å². The summed E-state index contributed by atoms with van der Waals surface area (Å²) in [5.74, 6) is 0.626. The van der Waals surface area contributed by atoms with Gasteiger partial charge in [-0.25, -0.2) is 9.07 Å². The summed E-state index contributed by atoms with van der Waals surface area (Å²) in [4.78, 5) is 2.20.